The van der Waals surface area contributed by atoms with Gasteiger partial charge in [-0.05, 0) is 25.7 Å². The van der Waals surface area contributed by atoms with E-state index in [4.69, 9.17) is 27.5 Å². The monoisotopic (exact) mass is 354 g/mol. The van der Waals surface area contributed by atoms with Crippen LogP contribution in [0.15, 0.2) is 23.1 Å². The molecule has 0 radical (unpaired) electrons. The second kappa shape index (κ2) is 6.92. The minimum Gasteiger partial charge on any atom is -0.450 e. The summed E-state index contributed by atoms with van der Waals surface area (Å²) in [6.07, 6.45) is 3.81. The maximum Gasteiger partial charge on any atom is 0.243 e. The lowest BCUT2D eigenvalue weighted by Crippen LogP contribution is -2.63. The lowest BCUT2D eigenvalue weighted by molar-refractivity contribution is -0.0537. The number of hydrogen-bond acceptors (Lipinski definition) is 6. The lowest BCUT2D eigenvalue weighted by Gasteiger charge is -2.46. The standard InChI is InChI=1S/C16H27ClN6O/c1-20-3-7-22(8-4-20)13-11-14(17)24-16(12-13,15(18)19)23-9-5-21(2)6-10-23/h11-12H,3-10H2,1-2H3,(H3,18,19). The summed E-state index contributed by atoms with van der Waals surface area (Å²) in [5.74, 6) is -0.0232. The minimum atomic E-state index is -1.08. The minimum absolute atomic E-state index is 0.0232. The normalized spacial score (nSPS) is 30.5. The SMILES string of the molecule is CN1CCN(C2=CC(C(=N)N)(N3CCN(C)CC3)OC(Cl)=C2)CC1. The molecule has 0 aromatic carbocycles. The third kappa shape index (κ3) is 3.39. The first kappa shape index (κ1) is 17.5. The quantitative estimate of drug-likeness (QED) is 0.553. The van der Waals surface area contributed by atoms with Crippen LogP contribution in [0.2, 0.25) is 0 Å². The molecule has 3 rings (SSSR count). The van der Waals surface area contributed by atoms with Crippen molar-refractivity contribution in [1.82, 2.24) is 19.6 Å². The summed E-state index contributed by atoms with van der Waals surface area (Å²) in [5.41, 5.74) is 5.91. The average Bonchev–Trinajstić information content (AvgIpc) is 2.55. The van der Waals surface area contributed by atoms with E-state index in [9.17, 15) is 0 Å². The average molecular weight is 355 g/mol. The van der Waals surface area contributed by atoms with Crippen molar-refractivity contribution in [2.24, 2.45) is 5.73 Å². The van der Waals surface area contributed by atoms with E-state index in [1.54, 1.807) is 0 Å². The van der Waals surface area contributed by atoms with Crippen molar-refractivity contribution in [3.8, 4) is 0 Å². The smallest absolute Gasteiger partial charge is 0.243 e. The van der Waals surface area contributed by atoms with Crippen LogP contribution in [0, 0.1) is 5.41 Å². The zero-order chi connectivity index (χ0) is 17.3. The maximum absolute atomic E-state index is 8.19. The summed E-state index contributed by atoms with van der Waals surface area (Å²) in [6.45, 7) is 7.27. The maximum atomic E-state index is 8.19. The van der Waals surface area contributed by atoms with Gasteiger partial charge in [-0.2, -0.15) is 0 Å². The second-order valence-corrected chi connectivity index (χ2v) is 7.18. The summed E-state index contributed by atoms with van der Waals surface area (Å²) in [6, 6.07) is 0. The molecular formula is C16H27ClN6O. The number of likely N-dealkylation sites (N-methyl/N-ethyl adjacent to an activating group) is 2. The van der Waals surface area contributed by atoms with Gasteiger partial charge in [0.25, 0.3) is 0 Å². The lowest BCUT2D eigenvalue weighted by atomic mass is 10.0. The zero-order valence-electron chi connectivity index (χ0n) is 14.5. The van der Waals surface area contributed by atoms with E-state index in [0.717, 1.165) is 58.1 Å². The highest BCUT2D eigenvalue weighted by atomic mass is 35.5. The molecule has 3 aliphatic heterocycles. The van der Waals surface area contributed by atoms with Crippen LogP contribution in [0.4, 0.5) is 0 Å². The molecule has 0 saturated carbocycles. The van der Waals surface area contributed by atoms with E-state index >= 15 is 0 Å². The molecule has 0 aliphatic carbocycles. The Balaban J connectivity index is 1.88. The van der Waals surface area contributed by atoms with Crippen LogP contribution in [-0.4, -0.2) is 97.6 Å². The Hall–Kier alpha value is -1.28. The summed E-state index contributed by atoms with van der Waals surface area (Å²) in [4.78, 5) is 8.97. The number of nitrogens with one attached hydrogen (secondary N) is 1. The molecule has 1 unspecified atom stereocenters. The van der Waals surface area contributed by atoms with Gasteiger partial charge in [-0.1, -0.05) is 0 Å². The highest BCUT2D eigenvalue weighted by Crippen LogP contribution is 2.33. The van der Waals surface area contributed by atoms with Gasteiger partial charge in [0, 0.05) is 70.2 Å². The molecular weight excluding hydrogens is 328 g/mol. The molecule has 0 spiro atoms. The van der Waals surface area contributed by atoms with Gasteiger partial charge in [-0.25, -0.2) is 0 Å². The Morgan fingerprint density at radius 2 is 1.62 bits per heavy atom. The third-order valence-corrected chi connectivity index (χ3v) is 5.27. The number of hydrogen-bond donors (Lipinski definition) is 2. The van der Waals surface area contributed by atoms with Gasteiger partial charge in [0.15, 0.2) is 11.1 Å². The molecule has 2 saturated heterocycles. The Morgan fingerprint density at radius 3 is 2.17 bits per heavy atom. The van der Waals surface area contributed by atoms with Crippen molar-refractivity contribution < 1.29 is 4.74 Å². The number of ether oxygens (including phenoxy) is 1. The summed E-state index contributed by atoms with van der Waals surface area (Å²) < 4.78 is 5.92. The molecule has 3 aliphatic rings. The summed E-state index contributed by atoms with van der Waals surface area (Å²) >= 11 is 6.31. The molecule has 1 atom stereocenters. The van der Waals surface area contributed by atoms with Crippen molar-refractivity contribution in [3.63, 3.8) is 0 Å². The zero-order valence-corrected chi connectivity index (χ0v) is 15.2. The predicted molar refractivity (Wildman–Crippen MR) is 95.9 cm³/mol. The van der Waals surface area contributed by atoms with Crippen molar-refractivity contribution in [2.45, 2.75) is 5.72 Å². The Morgan fingerprint density at radius 1 is 1.08 bits per heavy atom. The van der Waals surface area contributed by atoms with Crippen LogP contribution in [-0.2, 0) is 4.74 Å². The Kier molecular flexibility index (Phi) is 5.05. The van der Waals surface area contributed by atoms with Crippen LogP contribution in [0.3, 0.4) is 0 Å². The van der Waals surface area contributed by atoms with Crippen LogP contribution in [0.1, 0.15) is 0 Å². The largest absolute Gasteiger partial charge is 0.450 e. The van der Waals surface area contributed by atoms with Gasteiger partial charge in [0.1, 0.15) is 0 Å². The van der Waals surface area contributed by atoms with Crippen LogP contribution in [0.25, 0.3) is 0 Å². The second-order valence-electron chi connectivity index (χ2n) is 6.81. The van der Waals surface area contributed by atoms with Gasteiger partial charge in [-0.3, -0.25) is 10.3 Å². The molecule has 8 heteroatoms. The van der Waals surface area contributed by atoms with Crippen molar-refractivity contribution in [3.05, 3.63) is 23.1 Å². The van der Waals surface area contributed by atoms with Crippen molar-refractivity contribution >= 4 is 17.4 Å². The van der Waals surface area contributed by atoms with Crippen LogP contribution < -0.4 is 5.73 Å². The molecule has 7 nitrogen and oxygen atoms in total. The van der Waals surface area contributed by atoms with Crippen molar-refractivity contribution in [1.29, 1.82) is 5.41 Å². The van der Waals surface area contributed by atoms with Crippen molar-refractivity contribution in [2.75, 3.05) is 66.5 Å². The molecule has 0 amide bonds. The highest BCUT2D eigenvalue weighted by Gasteiger charge is 2.45. The first-order chi connectivity index (χ1) is 11.4. The van der Waals surface area contributed by atoms with E-state index in [1.807, 2.05) is 12.2 Å². The van der Waals surface area contributed by atoms with Gasteiger partial charge >= 0.3 is 0 Å². The number of rotatable bonds is 3. The van der Waals surface area contributed by atoms with E-state index in [2.05, 4.69) is 33.7 Å². The summed E-state index contributed by atoms with van der Waals surface area (Å²) in [7, 11) is 4.22. The molecule has 3 N–H and O–H groups in total. The molecule has 0 aromatic heterocycles. The Bertz CT molecular complexity index is 549. The number of halogens is 1. The number of nitrogens with two attached hydrogens (primary N) is 1. The predicted octanol–water partition coefficient (Wildman–Crippen LogP) is 0.108. The van der Waals surface area contributed by atoms with E-state index in [0.29, 0.717) is 5.22 Å². The molecule has 0 bridgehead atoms. The summed E-state index contributed by atoms with van der Waals surface area (Å²) in [5, 5.41) is 8.48. The fourth-order valence-corrected chi connectivity index (χ4v) is 3.64. The number of piperazine rings is 2. The van der Waals surface area contributed by atoms with Crippen LogP contribution >= 0.6 is 11.6 Å². The fourth-order valence-electron chi connectivity index (χ4n) is 3.41. The van der Waals surface area contributed by atoms with Crippen LogP contribution in [0.5, 0.6) is 0 Å². The third-order valence-electron chi connectivity index (χ3n) is 5.09. The highest BCUT2D eigenvalue weighted by molar-refractivity contribution is 6.28. The number of nitrogens with zero attached hydrogens (tertiary/aromatic N) is 4. The molecule has 134 valence electrons. The first-order valence-electron chi connectivity index (χ1n) is 8.41. The number of allylic oxidation sites excluding steroid dienone is 1. The van der Waals surface area contributed by atoms with E-state index < -0.39 is 5.72 Å². The van der Waals surface area contributed by atoms with Gasteiger partial charge in [0.05, 0.1) is 0 Å². The van der Waals surface area contributed by atoms with Gasteiger partial charge in [0.2, 0.25) is 5.72 Å². The fraction of sp³-hybridized carbons (Fsp3) is 0.688. The Labute approximate surface area is 148 Å². The van der Waals surface area contributed by atoms with E-state index in [-0.39, 0.29) is 5.84 Å². The molecule has 3 heterocycles. The topological polar surface area (TPSA) is 72.1 Å². The van der Waals surface area contributed by atoms with Gasteiger partial charge in [-0.15, -0.1) is 0 Å². The van der Waals surface area contributed by atoms with E-state index in [1.165, 1.54) is 0 Å². The molecule has 0 aromatic rings. The molecule has 2 fully saturated rings. The first-order valence-corrected chi connectivity index (χ1v) is 8.79. The van der Waals surface area contributed by atoms with Gasteiger partial charge < -0.3 is 25.2 Å². The number of amidine groups is 1. The molecule has 24 heavy (non-hydrogen) atoms.